The Labute approximate surface area is 78.7 Å². The molecular weight excluding hydrogens is 166 g/mol. The monoisotopic (exact) mass is 183 g/mol. The fraction of sp³-hybridized carbons (Fsp3) is 0.900. The highest BCUT2D eigenvalue weighted by Gasteiger charge is 2.33. The van der Waals surface area contributed by atoms with Crippen molar-refractivity contribution in [1.29, 1.82) is 0 Å². The fourth-order valence-electron chi connectivity index (χ4n) is 1.73. The molecule has 1 N–H and O–H groups in total. The predicted octanol–water partition coefficient (Wildman–Crippen LogP) is 1.34. The zero-order chi connectivity index (χ0) is 9.26. The lowest BCUT2D eigenvalue weighted by Gasteiger charge is -2.20. The van der Waals surface area contributed by atoms with Gasteiger partial charge in [-0.1, -0.05) is 0 Å². The van der Waals surface area contributed by atoms with Gasteiger partial charge in [0, 0.05) is 19.1 Å². The molecule has 13 heavy (non-hydrogen) atoms. The van der Waals surface area contributed by atoms with E-state index < -0.39 is 5.97 Å². The van der Waals surface area contributed by atoms with Crippen LogP contribution in [0, 0.1) is 5.92 Å². The minimum absolute atomic E-state index is 0.309. The third-order valence-electron chi connectivity index (χ3n) is 2.87. The first-order valence-electron chi connectivity index (χ1n) is 5.21. The topological polar surface area (TPSA) is 40.5 Å². The van der Waals surface area contributed by atoms with E-state index in [2.05, 4.69) is 4.90 Å². The number of hydrogen-bond acceptors (Lipinski definition) is 2. The molecule has 2 aliphatic carbocycles. The number of aliphatic carboxylic acids is 1. The second-order valence-corrected chi connectivity index (χ2v) is 4.31. The Balaban J connectivity index is 1.71. The van der Waals surface area contributed by atoms with Gasteiger partial charge in [-0.3, -0.25) is 9.69 Å². The van der Waals surface area contributed by atoms with E-state index in [4.69, 9.17) is 5.11 Å². The minimum atomic E-state index is -0.665. The van der Waals surface area contributed by atoms with Crippen molar-refractivity contribution < 1.29 is 9.90 Å². The maximum absolute atomic E-state index is 10.4. The van der Waals surface area contributed by atoms with Gasteiger partial charge < -0.3 is 5.11 Å². The molecule has 0 aromatic carbocycles. The Bertz CT molecular complexity index is 197. The van der Waals surface area contributed by atoms with Crippen LogP contribution >= 0.6 is 0 Å². The summed E-state index contributed by atoms with van der Waals surface area (Å²) >= 11 is 0. The normalized spacial score (nSPS) is 22.2. The summed E-state index contributed by atoms with van der Waals surface area (Å²) in [5.74, 6) is 0.218. The van der Waals surface area contributed by atoms with E-state index in [1.807, 2.05) is 0 Å². The summed E-state index contributed by atoms with van der Waals surface area (Å²) < 4.78 is 0. The smallest absolute Gasteiger partial charge is 0.304 e. The van der Waals surface area contributed by atoms with Crippen LogP contribution in [0.2, 0.25) is 0 Å². The van der Waals surface area contributed by atoms with Gasteiger partial charge in [-0.15, -0.1) is 0 Å². The first kappa shape index (κ1) is 9.00. The summed E-state index contributed by atoms with van der Waals surface area (Å²) in [7, 11) is 0. The van der Waals surface area contributed by atoms with Crippen LogP contribution in [0.15, 0.2) is 0 Å². The Kier molecular flexibility index (Phi) is 2.54. The molecule has 0 aliphatic heterocycles. The van der Waals surface area contributed by atoms with E-state index >= 15 is 0 Å². The van der Waals surface area contributed by atoms with Gasteiger partial charge in [0.05, 0.1) is 6.42 Å². The number of carboxylic acids is 1. The summed E-state index contributed by atoms with van der Waals surface area (Å²) in [5, 5.41) is 8.59. The molecule has 0 spiro atoms. The van der Waals surface area contributed by atoms with Crippen molar-refractivity contribution in [3.63, 3.8) is 0 Å². The zero-order valence-electron chi connectivity index (χ0n) is 7.91. The van der Waals surface area contributed by atoms with Gasteiger partial charge in [-0.2, -0.15) is 0 Å². The van der Waals surface area contributed by atoms with E-state index in [-0.39, 0.29) is 0 Å². The van der Waals surface area contributed by atoms with Gasteiger partial charge in [0.2, 0.25) is 0 Å². The van der Waals surface area contributed by atoms with Crippen molar-refractivity contribution in [1.82, 2.24) is 4.90 Å². The third kappa shape index (κ3) is 2.99. The van der Waals surface area contributed by atoms with E-state index in [1.54, 1.807) is 0 Å². The molecule has 2 aliphatic rings. The van der Waals surface area contributed by atoms with Crippen molar-refractivity contribution in [2.75, 3.05) is 13.1 Å². The third-order valence-corrected chi connectivity index (χ3v) is 2.87. The van der Waals surface area contributed by atoms with Crippen molar-refractivity contribution in [2.45, 2.75) is 38.1 Å². The van der Waals surface area contributed by atoms with Crippen LogP contribution in [0.1, 0.15) is 32.1 Å². The van der Waals surface area contributed by atoms with E-state index in [0.717, 1.165) is 25.0 Å². The standard InChI is InChI=1S/C10H17NO2/c12-10(13)5-6-11(9-3-4-9)7-8-1-2-8/h8-9H,1-7H2,(H,12,13). The molecule has 0 radical (unpaired) electrons. The Morgan fingerprint density at radius 2 is 2.00 bits per heavy atom. The SMILES string of the molecule is O=C(O)CCN(CC1CC1)C1CC1. The molecule has 0 heterocycles. The predicted molar refractivity (Wildman–Crippen MR) is 49.6 cm³/mol. The Morgan fingerprint density at radius 1 is 1.31 bits per heavy atom. The molecule has 3 nitrogen and oxygen atoms in total. The van der Waals surface area contributed by atoms with Crippen LogP contribution in [0.25, 0.3) is 0 Å². The second-order valence-electron chi connectivity index (χ2n) is 4.31. The summed E-state index contributed by atoms with van der Waals surface area (Å²) in [6, 6.07) is 0.722. The van der Waals surface area contributed by atoms with Crippen LogP contribution < -0.4 is 0 Å². The Morgan fingerprint density at radius 3 is 2.46 bits per heavy atom. The van der Waals surface area contributed by atoms with E-state index in [9.17, 15) is 4.79 Å². The maximum Gasteiger partial charge on any atom is 0.304 e. The largest absolute Gasteiger partial charge is 0.481 e. The van der Waals surface area contributed by atoms with Crippen LogP contribution in [0.5, 0.6) is 0 Å². The quantitative estimate of drug-likeness (QED) is 0.675. The van der Waals surface area contributed by atoms with Crippen LogP contribution in [0.4, 0.5) is 0 Å². The number of rotatable bonds is 6. The molecule has 0 amide bonds. The van der Waals surface area contributed by atoms with Crippen LogP contribution in [0.3, 0.4) is 0 Å². The molecule has 74 valence electrons. The first-order chi connectivity index (χ1) is 6.25. The second kappa shape index (κ2) is 3.66. The van der Waals surface area contributed by atoms with Gasteiger partial charge in [0.15, 0.2) is 0 Å². The fourth-order valence-corrected chi connectivity index (χ4v) is 1.73. The van der Waals surface area contributed by atoms with Gasteiger partial charge in [0.25, 0.3) is 0 Å². The van der Waals surface area contributed by atoms with Crippen molar-refractivity contribution in [3.05, 3.63) is 0 Å². The van der Waals surface area contributed by atoms with Gasteiger partial charge >= 0.3 is 5.97 Å². The maximum atomic E-state index is 10.4. The molecule has 0 saturated heterocycles. The zero-order valence-corrected chi connectivity index (χ0v) is 7.91. The molecule has 0 aromatic rings. The molecule has 0 unspecified atom stereocenters. The summed E-state index contributed by atoms with van der Waals surface area (Å²) in [6.45, 7) is 1.91. The van der Waals surface area contributed by atoms with E-state index in [1.165, 1.54) is 25.7 Å². The van der Waals surface area contributed by atoms with Crippen molar-refractivity contribution >= 4 is 5.97 Å². The van der Waals surface area contributed by atoms with Crippen molar-refractivity contribution in [3.8, 4) is 0 Å². The molecule has 2 saturated carbocycles. The number of carboxylic acid groups (broad SMARTS) is 1. The molecule has 2 rings (SSSR count). The van der Waals surface area contributed by atoms with Crippen LogP contribution in [-0.2, 0) is 4.79 Å². The van der Waals surface area contributed by atoms with Crippen molar-refractivity contribution in [2.24, 2.45) is 5.92 Å². The minimum Gasteiger partial charge on any atom is -0.481 e. The highest BCUT2D eigenvalue weighted by atomic mass is 16.4. The lowest BCUT2D eigenvalue weighted by molar-refractivity contribution is -0.137. The molecule has 2 fully saturated rings. The lowest BCUT2D eigenvalue weighted by Crippen LogP contribution is -2.30. The van der Waals surface area contributed by atoms with Gasteiger partial charge in [-0.25, -0.2) is 0 Å². The average Bonchev–Trinajstić information content (AvgIpc) is 2.88. The lowest BCUT2D eigenvalue weighted by atomic mass is 10.3. The Hall–Kier alpha value is -0.570. The van der Waals surface area contributed by atoms with Gasteiger partial charge in [0.1, 0.15) is 0 Å². The van der Waals surface area contributed by atoms with Crippen LogP contribution in [-0.4, -0.2) is 35.1 Å². The van der Waals surface area contributed by atoms with E-state index in [0.29, 0.717) is 6.42 Å². The number of hydrogen-bond donors (Lipinski definition) is 1. The highest BCUT2D eigenvalue weighted by molar-refractivity contribution is 5.66. The summed E-state index contributed by atoms with van der Waals surface area (Å²) in [6.07, 6.45) is 5.59. The van der Waals surface area contributed by atoms with Gasteiger partial charge in [-0.05, 0) is 31.6 Å². The molecule has 0 atom stereocenters. The molecule has 0 bridgehead atoms. The summed E-state index contributed by atoms with van der Waals surface area (Å²) in [5.41, 5.74) is 0. The molecule has 3 heteroatoms. The first-order valence-corrected chi connectivity index (χ1v) is 5.21. The average molecular weight is 183 g/mol. The number of nitrogens with zero attached hydrogens (tertiary/aromatic N) is 1. The number of carbonyl (C=O) groups is 1. The molecule has 0 aromatic heterocycles. The highest BCUT2D eigenvalue weighted by Crippen LogP contribution is 2.34. The summed E-state index contributed by atoms with van der Waals surface area (Å²) in [4.78, 5) is 12.8. The molecular formula is C10H17NO2.